The van der Waals surface area contributed by atoms with E-state index in [-0.39, 0.29) is 30.0 Å². The molecule has 0 unspecified atom stereocenters. The highest BCUT2D eigenvalue weighted by Crippen LogP contribution is 2.24. The van der Waals surface area contributed by atoms with Crippen molar-refractivity contribution in [1.29, 1.82) is 0 Å². The van der Waals surface area contributed by atoms with Gasteiger partial charge in [0.05, 0.1) is 6.26 Å². The Morgan fingerprint density at radius 1 is 1.39 bits per heavy atom. The largest absolute Gasteiger partial charge is 0.348 e. The summed E-state index contributed by atoms with van der Waals surface area (Å²) in [6, 6.07) is 2.63. The smallest absolute Gasteiger partial charge is 0.251 e. The third kappa shape index (κ3) is 4.20. The Bertz CT molecular complexity index is 741. The maximum Gasteiger partial charge on any atom is 0.251 e. The predicted octanol–water partition coefficient (Wildman–Crippen LogP) is 0.175. The van der Waals surface area contributed by atoms with E-state index in [1.807, 2.05) is 6.92 Å². The lowest BCUT2D eigenvalue weighted by Crippen LogP contribution is -2.41. The molecule has 0 spiro atoms. The third-order valence-electron chi connectivity index (χ3n) is 4.22. The fraction of sp³-hybridized carbons (Fsp3) is 0.600. The van der Waals surface area contributed by atoms with Crippen molar-refractivity contribution in [3.05, 3.63) is 34.2 Å². The first kappa shape index (κ1) is 17.7. The lowest BCUT2D eigenvalue weighted by atomic mass is 9.98. The Hall–Kier alpha value is -1.67. The molecule has 1 amide bonds. The predicted molar refractivity (Wildman–Crippen MR) is 87.8 cm³/mol. The van der Waals surface area contributed by atoms with Crippen LogP contribution in [-0.4, -0.2) is 48.6 Å². The molecule has 0 bridgehead atoms. The molecular formula is C15H23N3O4S. The van der Waals surface area contributed by atoms with Gasteiger partial charge in [-0.2, -0.15) is 4.31 Å². The summed E-state index contributed by atoms with van der Waals surface area (Å²) in [7, 11) is -1.66. The van der Waals surface area contributed by atoms with E-state index in [9.17, 15) is 18.0 Å². The summed E-state index contributed by atoms with van der Waals surface area (Å²) in [6.07, 6.45) is 4.48. The van der Waals surface area contributed by atoms with Gasteiger partial charge < -0.3 is 9.88 Å². The van der Waals surface area contributed by atoms with Gasteiger partial charge in [-0.1, -0.05) is 13.3 Å². The van der Waals surface area contributed by atoms with Crippen LogP contribution in [-0.2, 0) is 17.1 Å². The molecule has 0 aliphatic carbocycles. The number of pyridine rings is 1. The van der Waals surface area contributed by atoms with Gasteiger partial charge in [0.1, 0.15) is 0 Å². The zero-order valence-corrected chi connectivity index (χ0v) is 14.5. The number of aromatic nitrogens is 1. The third-order valence-corrected chi connectivity index (χ3v) is 5.46. The molecule has 23 heavy (non-hydrogen) atoms. The van der Waals surface area contributed by atoms with Gasteiger partial charge >= 0.3 is 0 Å². The minimum atomic E-state index is -3.27. The second-order valence-electron chi connectivity index (χ2n) is 6.07. The average molecular weight is 341 g/mol. The van der Waals surface area contributed by atoms with Crippen molar-refractivity contribution in [3.63, 3.8) is 0 Å². The number of sulfonamides is 1. The quantitative estimate of drug-likeness (QED) is 0.827. The second kappa shape index (κ2) is 6.84. The standard InChI is InChI=1S/C15H23N3O4S/c1-4-5-12-9-18(23(3,21)22)10-13(12)16-15(20)11-6-7-17(2)14(19)8-11/h6-8,12-13H,4-5,9-10H2,1-3H3,(H,16,20)/t12-,13-/m0/s1. The molecule has 1 saturated heterocycles. The molecule has 8 heteroatoms. The van der Waals surface area contributed by atoms with E-state index in [0.717, 1.165) is 12.8 Å². The number of hydrogen-bond acceptors (Lipinski definition) is 4. The second-order valence-corrected chi connectivity index (χ2v) is 8.06. The molecule has 1 aliphatic heterocycles. The van der Waals surface area contributed by atoms with Crippen LogP contribution < -0.4 is 10.9 Å². The number of nitrogens with one attached hydrogen (secondary N) is 1. The molecule has 2 atom stereocenters. The van der Waals surface area contributed by atoms with Crippen molar-refractivity contribution < 1.29 is 13.2 Å². The molecule has 1 fully saturated rings. The summed E-state index contributed by atoms with van der Waals surface area (Å²) in [6.45, 7) is 2.73. The molecule has 1 N–H and O–H groups in total. The topological polar surface area (TPSA) is 88.5 Å². The van der Waals surface area contributed by atoms with Crippen LogP contribution >= 0.6 is 0 Å². The fourth-order valence-electron chi connectivity index (χ4n) is 2.87. The van der Waals surface area contributed by atoms with E-state index >= 15 is 0 Å². The van der Waals surface area contributed by atoms with Crippen LogP contribution in [0.4, 0.5) is 0 Å². The Labute approximate surface area is 136 Å². The van der Waals surface area contributed by atoms with Crippen LogP contribution in [0, 0.1) is 5.92 Å². The highest BCUT2D eigenvalue weighted by atomic mass is 32.2. The van der Waals surface area contributed by atoms with E-state index in [1.165, 1.54) is 27.4 Å². The fourth-order valence-corrected chi connectivity index (χ4v) is 3.76. The summed E-state index contributed by atoms with van der Waals surface area (Å²) < 4.78 is 26.3. The van der Waals surface area contributed by atoms with Crippen molar-refractivity contribution in [1.82, 2.24) is 14.2 Å². The van der Waals surface area contributed by atoms with E-state index in [4.69, 9.17) is 0 Å². The van der Waals surface area contributed by atoms with Crippen molar-refractivity contribution >= 4 is 15.9 Å². The highest BCUT2D eigenvalue weighted by molar-refractivity contribution is 7.88. The summed E-state index contributed by atoms with van der Waals surface area (Å²) in [4.78, 5) is 24.0. The molecular weight excluding hydrogens is 318 g/mol. The monoisotopic (exact) mass is 341 g/mol. The number of carbonyl (C=O) groups excluding carboxylic acids is 1. The van der Waals surface area contributed by atoms with Gasteiger partial charge in [-0.25, -0.2) is 8.42 Å². The molecule has 1 aromatic heterocycles. The van der Waals surface area contributed by atoms with Crippen LogP contribution in [0.2, 0.25) is 0 Å². The van der Waals surface area contributed by atoms with Gasteiger partial charge in [-0.05, 0) is 18.4 Å². The highest BCUT2D eigenvalue weighted by Gasteiger charge is 2.37. The van der Waals surface area contributed by atoms with Crippen LogP contribution in [0.5, 0.6) is 0 Å². The lowest BCUT2D eigenvalue weighted by molar-refractivity contribution is 0.0929. The number of nitrogens with zero attached hydrogens (tertiary/aromatic N) is 2. The van der Waals surface area contributed by atoms with Crippen molar-refractivity contribution in [3.8, 4) is 0 Å². The first-order valence-electron chi connectivity index (χ1n) is 7.65. The Kier molecular flexibility index (Phi) is 5.26. The Balaban J connectivity index is 2.14. The Morgan fingerprint density at radius 2 is 2.09 bits per heavy atom. The van der Waals surface area contributed by atoms with Crippen LogP contribution in [0.15, 0.2) is 23.1 Å². The SMILES string of the molecule is CCC[C@H]1CN(S(C)(=O)=O)C[C@@H]1NC(=O)c1ccn(C)c(=O)c1. The van der Waals surface area contributed by atoms with Gasteiger partial charge in [0, 0.05) is 44.0 Å². The molecule has 2 heterocycles. The number of carbonyl (C=O) groups is 1. The first-order chi connectivity index (χ1) is 10.7. The van der Waals surface area contributed by atoms with E-state index < -0.39 is 10.0 Å². The van der Waals surface area contributed by atoms with Crippen molar-refractivity contribution in [2.75, 3.05) is 19.3 Å². The number of aryl methyl sites for hydroxylation is 1. The minimum Gasteiger partial charge on any atom is -0.348 e. The van der Waals surface area contributed by atoms with Crippen LogP contribution in [0.25, 0.3) is 0 Å². The van der Waals surface area contributed by atoms with Gasteiger partial charge in [-0.3, -0.25) is 9.59 Å². The summed E-state index contributed by atoms with van der Waals surface area (Å²) in [5.41, 5.74) is 0.0353. The molecule has 2 rings (SSSR count). The molecule has 1 aromatic rings. The summed E-state index contributed by atoms with van der Waals surface area (Å²) in [5.74, 6) is -0.255. The van der Waals surface area contributed by atoms with E-state index in [0.29, 0.717) is 12.1 Å². The molecule has 7 nitrogen and oxygen atoms in total. The molecule has 1 aliphatic rings. The minimum absolute atomic E-state index is 0.0882. The normalized spacial score (nSPS) is 22.2. The zero-order valence-electron chi connectivity index (χ0n) is 13.7. The first-order valence-corrected chi connectivity index (χ1v) is 9.50. The van der Waals surface area contributed by atoms with Gasteiger partial charge in [-0.15, -0.1) is 0 Å². The summed E-state index contributed by atoms with van der Waals surface area (Å²) >= 11 is 0. The van der Waals surface area contributed by atoms with Crippen molar-refractivity contribution in [2.24, 2.45) is 13.0 Å². The maximum atomic E-state index is 12.3. The van der Waals surface area contributed by atoms with Crippen LogP contribution in [0.3, 0.4) is 0 Å². The molecule has 0 saturated carbocycles. The van der Waals surface area contributed by atoms with E-state index in [2.05, 4.69) is 5.32 Å². The van der Waals surface area contributed by atoms with Gasteiger partial charge in [0.25, 0.3) is 11.5 Å². The van der Waals surface area contributed by atoms with E-state index in [1.54, 1.807) is 13.1 Å². The average Bonchev–Trinajstić information content (AvgIpc) is 2.85. The summed E-state index contributed by atoms with van der Waals surface area (Å²) in [5, 5.41) is 2.89. The number of rotatable bonds is 5. The molecule has 0 aromatic carbocycles. The van der Waals surface area contributed by atoms with Gasteiger partial charge in [0.2, 0.25) is 10.0 Å². The lowest BCUT2D eigenvalue weighted by Gasteiger charge is -2.19. The number of amides is 1. The molecule has 0 radical (unpaired) electrons. The van der Waals surface area contributed by atoms with Crippen molar-refractivity contribution in [2.45, 2.75) is 25.8 Å². The number of hydrogen-bond donors (Lipinski definition) is 1. The molecule has 128 valence electrons. The maximum absolute atomic E-state index is 12.3. The zero-order chi connectivity index (χ0) is 17.2. The Morgan fingerprint density at radius 3 is 2.65 bits per heavy atom. The van der Waals surface area contributed by atoms with Crippen LogP contribution in [0.1, 0.15) is 30.1 Å². The van der Waals surface area contributed by atoms with Gasteiger partial charge in [0.15, 0.2) is 0 Å².